The van der Waals surface area contributed by atoms with Crippen molar-refractivity contribution in [2.45, 2.75) is 47.1 Å². The molecule has 2 aromatic carbocycles. The number of pyridine rings is 1. The van der Waals surface area contributed by atoms with Crippen LogP contribution >= 0.6 is 0 Å². The first-order chi connectivity index (χ1) is 17.0. The number of carbonyl (C=O) groups is 2. The van der Waals surface area contributed by atoms with Crippen LogP contribution in [0.4, 0.5) is 5.69 Å². The van der Waals surface area contributed by atoms with Crippen LogP contribution in [0.1, 0.15) is 60.9 Å². The van der Waals surface area contributed by atoms with E-state index in [0.29, 0.717) is 33.7 Å². The van der Waals surface area contributed by atoms with Crippen LogP contribution in [0, 0.1) is 0 Å². The Labute approximate surface area is 204 Å². The molecule has 0 bridgehead atoms. The van der Waals surface area contributed by atoms with Gasteiger partial charge in [0.15, 0.2) is 0 Å². The summed E-state index contributed by atoms with van der Waals surface area (Å²) in [6.45, 7) is 10.0. The number of carbonyl (C=O) groups excluding carboxylic acids is 2. The summed E-state index contributed by atoms with van der Waals surface area (Å²) in [4.78, 5) is 46.9. The molecule has 0 saturated heterocycles. The van der Waals surface area contributed by atoms with Crippen molar-refractivity contribution >= 4 is 28.5 Å². The molecular weight excluding hydrogens is 442 g/mol. The number of aromatic amines is 2. The summed E-state index contributed by atoms with van der Waals surface area (Å²) in [7, 11) is 0. The minimum atomic E-state index is -0.443. The van der Waals surface area contributed by atoms with Crippen LogP contribution in [-0.2, 0) is 6.42 Å². The van der Waals surface area contributed by atoms with Crippen molar-refractivity contribution in [3.05, 3.63) is 81.8 Å². The van der Waals surface area contributed by atoms with Gasteiger partial charge in [0.05, 0.1) is 27.8 Å². The van der Waals surface area contributed by atoms with Gasteiger partial charge in [-0.25, -0.2) is 4.98 Å². The van der Waals surface area contributed by atoms with Crippen molar-refractivity contribution in [2.75, 3.05) is 5.32 Å². The van der Waals surface area contributed by atoms with Crippen molar-refractivity contribution in [3.8, 4) is 11.4 Å². The Hall–Kier alpha value is -4.20. The van der Waals surface area contributed by atoms with Crippen molar-refractivity contribution in [3.63, 3.8) is 0 Å². The first-order valence-corrected chi connectivity index (χ1v) is 11.9. The third-order valence-corrected chi connectivity index (χ3v) is 5.32. The molecular formula is C27H31N5O3. The highest BCUT2D eigenvalue weighted by Gasteiger charge is 2.28. The van der Waals surface area contributed by atoms with Crippen LogP contribution in [-0.4, -0.2) is 32.8 Å². The van der Waals surface area contributed by atoms with Gasteiger partial charge in [0, 0.05) is 12.2 Å². The smallest absolute Gasteiger partial charge is 0.261 e. The van der Waals surface area contributed by atoms with E-state index in [2.05, 4.69) is 37.7 Å². The first-order valence-electron chi connectivity index (χ1n) is 11.9. The molecule has 3 heterocycles. The predicted octanol–water partition coefficient (Wildman–Crippen LogP) is 4.90. The van der Waals surface area contributed by atoms with Gasteiger partial charge in [-0.2, -0.15) is 0 Å². The molecule has 0 unspecified atom stereocenters. The summed E-state index contributed by atoms with van der Waals surface area (Å²) in [6, 6.07) is 15.1. The highest BCUT2D eigenvalue weighted by atomic mass is 16.2. The zero-order valence-corrected chi connectivity index (χ0v) is 20.7. The van der Waals surface area contributed by atoms with Crippen LogP contribution in [0.5, 0.6) is 0 Å². The molecule has 182 valence electrons. The lowest BCUT2D eigenvalue weighted by Gasteiger charge is -2.17. The normalized spacial score (nSPS) is 12.6. The van der Waals surface area contributed by atoms with Crippen molar-refractivity contribution in [2.24, 2.45) is 0 Å². The number of nitrogens with one attached hydrogen (secondary N) is 4. The van der Waals surface area contributed by atoms with Gasteiger partial charge in [0.1, 0.15) is 11.4 Å². The first kappa shape index (κ1) is 25.4. The molecule has 35 heavy (non-hydrogen) atoms. The number of rotatable bonds is 5. The maximum absolute atomic E-state index is 12.7. The Balaban J connectivity index is 0.000000815. The van der Waals surface area contributed by atoms with Crippen LogP contribution in [0.2, 0.25) is 0 Å². The average Bonchev–Trinajstić information content (AvgIpc) is 3.40. The van der Waals surface area contributed by atoms with Crippen molar-refractivity contribution in [1.29, 1.82) is 0 Å². The van der Waals surface area contributed by atoms with Gasteiger partial charge in [-0.15, -0.1) is 0 Å². The lowest BCUT2D eigenvalue weighted by molar-refractivity contribution is 0.0879. The number of imidazole rings is 1. The van der Waals surface area contributed by atoms with Crippen LogP contribution in [0.3, 0.4) is 0 Å². The molecule has 0 spiro atoms. The maximum atomic E-state index is 12.7. The van der Waals surface area contributed by atoms with E-state index in [0.717, 1.165) is 6.42 Å². The van der Waals surface area contributed by atoms with Crippen LogP contribution < -0.4 is 16.2 Å². The number of hydrogen-bond donors (Lipinski definition) is 4. The van der Waals surface area contributed by atoms with E-state index >= 15 is 0 Å². The molecule has 2 amide bonds. The standard InChI is InChI=1S/C23H19N5O3.2C2H6/c1-12(9-13-5-3-2-4-6-13)25-16-7-8-24-23(31)19(16)20-26-17-10-14-15(11-18(17)27-20)22(30)28-21(14)29;2*1-2/h2-8,10-12H,9H2,1H3,(H,26,27)(H2,24,25,31)(H,28,29,30);2*1-2H3/t12-;;/m0../s1. The van der Waals surface area contributed by atoms with Gasteiger partial charge in [-0.1, -0.05) is 58.0 Å². The molecule has 1 aliphatic rings. The third kappa shape index (κ3) is 5.32. The Morgan fingerprint density at radius 3 is 2.26 bits per heavy atom. The Bertz CT molecular complexity index is 1340. The molecule has 4 N–H and O–H groups in total. The van der Waals surface area contributed by atoms with Crippen LogP contribution in [0.15, 0.2) is 59.5 Å². The summed E-state index contributed by atoms with van der Waals surface area (Å²) in [5.41, 5.74) is 3.57. The Morgan fingerprint density at radius 2 is 1.57 bits per heavy atom. The minimum absolute atomic E-state index is 0.0671. The van der Waals surface area contributed by atoms with E-state index in [1.54, 1.807) is 24.4 Å². The molecule has 0 fully saturated rings. The maximum Gasteiger partial charge on any atom is 0.261 e. The molecule has 0 radical (unpaired) electrons. The second-order valence-electron chi connectivity index (χ2n) is 7.61. The van der Waals surface area contributed by atoms with E-state index in [9.17, 15) is 14.4 Å². The van der Waals surface area contributed by atoms with Gasteiger partial charge < -0.3 is 15.3 Å². The zero-order valence-electron chi connectivity index (χ0n) is 20.7. The predicted molar refractivity (Wildman–Crippen MR) is 140 cm³/mol. The molecule has 2 aromatic heterocycles. The zero-order chi connectivity index (χ0) is 25.5. The number of imide groups is 1. The number of hydrogen-bond acceptors (Lipinski definition) is 5. The highest BCUT2D eigenvalue weighted by Crippen LogP contribution is 2.28. The van der Waals surface area contributed by atoms with E-state index in [1.165, 1.54) is 5.56 Å². The highest BCUT2D eigenvalue weighted by molar-refractivity contribution is 6.23. The molecule has 1 atom stereocenters. The molecule has 5 rings (SSSR count). The molecule has 8 heteroatoms. The third-order valence-electron chi connectivity index (χ3n) is 5.32. The van der Waals surface area contributed by atoms with Crippen LogP contribution in [0.25, 0.3) is 22.4 Å². The average molecular weight is 474 g/mol. The fourth-order valence-electron chi connectivity index (χ4n) is 3.91. The lowest BCUT2D eigenvalue weighted by atomic mass is 10.1. The van der Waals surface area contributed by atoms with E-state index in [-0.39, 0.29) is 17.2 Å². The van der Waals surface area contributed by atoms with E-state index < -0.39 is 11.8 Å². The molecule has 8 nitrogen and oxygen atoms in total. The Kier molecular flexibility index (Phi) is 8.20. The molecule has 4 aromatic rings. The number of H-pyrrole nitrogens is 2. The van der Waals surface area contributed by atoms with Gasteiger partial charge in [-0.05, 0) is 37.1 Å². The lowest BCUT2D eigenvalue weighted by Crippen LogP contribution is -2.21. The molecule has 0 aliphatic carbocycles. The summed E-state index contributed by atoms with van der Waals surface area (Å²) >= 11 is 0. The van der Waals surface area contributed by atoms with Gasteiger partial charge in [-0.3, -0.25) is 19.7 Å². The number of fused-ring (bicyclic) bond motifs is 2. The van der Waals surface area contributed by atoms with Crippen molar-refractivity contribution in [1.82, 2.24) is 20.3 Å². The molecule has 0 saturated carbocycles. The number of nitrogens with zero attached hydrogens (tertiary/aromatic N) is 1. The second kappa shape index (κ2) is 11.3. The van der Waals surface area contributed by atoms with E-state index in [1.807, 2.05) is 52.8 Å². The summed E-state index contributed by atoms with van der Waals surface area (Å²) in [5.74, 6) is -0.517. The fraction of sp³-hybridized carbons (Fsp3) is 0.259. The Morgan fingerprint density at radius 1 is 0.914 bits per heavy atom. The fourth-order valence-corrected chi connectivity index (χ4v) is 3.91. The molecule has 1 aliphatic heterocycles. The van der Waals surface area contributed by atoms with Crippen molar-refractivity contribution < 1.29 is 9.59 Å². The largest absolute Gasteiger partial charge is 0.381 e. The summed E-state index contributed by atoms with van der Waals surface area (Å²) in [6.07, 6.45) is 2.38. The quantitative estimate of drug-likeness (QED) is 0.307. The topological polar surface area (TPSA) is 120 Å². The number of amides is 2. The second-order valence-corrected chi connectivity index (χ2v) is 7.61. The van der Waals surface area contributed by atoms with Gasteiger partial charge >= 0.3 is 0 Å². The summed E-state index contributed by atoms with van der Waals surface area (Å²) in [5, 5.41) is 5.67. The number of aromatic nitrogens is 3. The summed E-state index contributed by atoms with van der Waals surface area (Å²) < 4.78 is 0. The monoisotopic (exact) mass is 473 g/mol. The van der Waals surface area contributed by atoms with Gasteiger partial charge in [0.25, 0.3) is 17.4 Å². The SMILES string of the molecule is CC.CC.C[C@@H](Cc1ccccc1)Nc1cc[nH]c(=O)c1-c1nc2cc3c(cc2[nH]1)C(=O)NC3=O. The van der Waals surface area contributed by atoms with E-state index in [4.69, 9.17) is 0 Å². The minimum Gasteiger partial charge on any atom is -0.381 e. The van der Waals surface area contributed by atoms with Gasteiger partial charge in [0.2, 0.25) is 0 Å². The number of anilines is 1. The number of benzene rings is 2.